The summed E-state index contributed by atoms with van der Waals surface area (Å²) in [4.78, 5) is 0. The van der Waals surface area contributed by atoms with Crippen molar-refractivity contribution in [2.24, 2.45) is 0 Å². The predicted octanol–water partition coefficient (Wildman–Crippen LogP) is 2.73. The van der Waals surface area contributed by atoms with Crippen LogP contribution in [-0.4, -0.2) is 19.1 Å². The quantitative estimate of drug-likeness (QED) is 0.834. The fourth-order valence-corrected chi connectivity index (χ4v) is 3.11. The third-order valence-electron chi connectivity index (χ3n) is 4.10. The Morgan fingerprint density at radius 3 is 3.00 bits per heavy atom. The van der Waals surface area contributed by atoms with Crippen molar-refractivity contribution in [3.8, 4) is 0 Å². The maximum Gasteiger partial charge on any atom is 0.0376 e. The van der Waals surface area contributed by atoms with E-state index in [2.05, 4.69) is 28.8 Å². The molecular weight excluding hydrogens is 208 g/mol. The Labute approximate surface area is 104 Å². The fourth-order valence-electron chi connectivity index (χ4n) is 3.11. The van der Waals surface area contributed by atoms with Crippen molar-refractivity contribution in [3.05, 3.63) is 29.3 Å². The minimum Gasteiger partial charge on any atom is -0.383 e. The Morgan fingerprint density at radius 2 is 2.12 bits per heavy atom. The van der Waals surface area contributed by atoms with E-state index < -0.39 is 0 Å². The second-order valence-corrected chi connectivity index (χ2v) is 5.32. The van der Waals surface area contributed by atoms with Crippen molar-refractivity contribution < 1.29 is 0 Å². The number of anilines is 1. The van der Waals surface area contributed by atoms with E-state index >= 15 is 0 Å². The van der Waals surface area contributed by atoms with E-state index in [4.69, 9.17) is 0 Å². The van der Waals surface area contributed by atoms with Crippen molar-refractivity contribution in [2.45, 2.75) is 44.6 Å². The molecule has 1 saturated heterocycles. The zero-order chi connectivity index (χ0) is 11.5. The number of aryl methyl sites for hydroxylation is 1. The first-order valence-electron chi connectivity index (χ1n) is 7.01. The highest BCUT2D eigenvalue weighted by Crippen LogP contribution is 2.27. The maximum absolute atomic E-state index is 3.65. The van der Waals surface area contributed by atoms with E-state index in [0.29, 0.717) is 6.04 Å². The maximum atomic E-state index is 3.65. The molecule has 0 aromatic heterocycles. The fraction of sp³-hybridized carbons (Fsp3) is 0.600. The molecule has 0 bridgehead atoms. The molecule has 3 rings (SSSR count). The van der Waals surface area contributed by atoms with E-state index in [9.17, 15) is 0 Å². The van der Waals surface area contributed by atoms with Crippen LogP contribution in [-0.2, 0) is 12.8 Å². The smallest absolute Gasteiger partial charge is 0.0376 e. The Morgan fingerprint density at radius 1 is 1.18 bits per heavy atom. The second kappa shape index (κ2) is 5.09. The SMILES string of the molecule is c1cc2c(c(NCC3CCCN3)c1)CCCC2. The summed E-state index contributed by atoms with van der Waals surface area (Å²) >= 11 is 0. The summed E-state index contributed by atoms with van der Waals surface area (Å²) in [6, 6.07) is 7.43. The minimum atomic E-state index is 0.675. The van der Waals surface area contributed by atoms with Gasteiger partial charge in [0.1, 0.15) is 0 Å². The van der Waals surface area contributed by atoms with Crippen LogP contribution in [0.25, 0.3) is 0 Å². The van der Waals surface area contributed by atoms with Gasteiger partial charge in [0.2, 0.25) is 0 Å². The van der Waals surface area contributed by atoms with Crippen LogP contribution in [0.1, 0.15) is 36.8 Å². The zero-order valence-electron chi connectivity index (χ0n) is 10.5. The van der Waals surface area contributed by atoms with E-state index in [1.54, 1.807) is 11.1 Å². The third kappa shape index (κ3) is 2.47. The van der Waals surface area contributed by atoms with Gasteiger partial charge in [-0.3, -0.25) is 0 Å². The highest BCUT2D eigenvalue weighted by atomic mass is 15.0. The summed E-state index contributed by atoms with van der Waals surface area (Å²) < 4.78 is 0. The van der Waals surface area contributed by atoms with Crippen LogP contribution in [0.3, 0.4) is 0 Å². The van der Waals surface area contributed by atoms with Gasteiger partial charge in [-0.15, -0.1) is 0 Å². The Kier molecular flexibility index (Phi) is 3.32. The molecule has 1 heterocycles. The lowest BCUT2D eigenvalue weighted by Crippen LogP contribution is -2.29. The number of hydrogen-bond acceptors (Lipinski definition) is 2. The molecule has 1 atom stereocenters. The van der Waals surface area contributed by atoms with Crippen LogP contribution in [0.4, 0.5) is 5.69 Å². The molecular formula is C15H22N2. The third-order valence-corrected chi connectivity index (χ3v) is 4.10. The molecule has 1 aromatic carbocycles. The monoisotopic (exact) mass is 230 g/mol. The first-order chi connectivity index (χ1) is 8.43. The molecule has 0 saturated carbocycles. The molecule has 92 valence electrons. The molecule has 1 aliphatic carbocycles. The summed E-state index contributed by atoms with van der Waals surface area (Å²) in [5.74, 6) is 0. The molecule has 0 spiro atoms. The average Bonchev–Trinajstić information content (AvgIpc) is 2.89. The van der Waals surface area contributed by atoms with Crippen LogP contribution in [0.5, 0.6) is 0 Å². The average molecular weight is 230 g/mol. The number of rotatable bonds is 3. The van der Waals surface area contributed by atoms with Crippen LogP contribution in [0, 0.1) is 0 Å². The summed E-state index contributed by atoms with van der Waals surface area (Å²) in [5, 5.41) is 7.20. The van der Waals surface area contributed by atoms with E-state index in [1.807, 2.05) is 0 Å². The lowest BCUT2D eigenvalue weighted by Gasteiger charge is -2.21. The van der Waals surface area contributed by atoms with Gasteiger partial charge >= 0.3 is 0 Å². The van der Waals surface area contributed by atoms with Gasteiger partial charge in [-0.25, -0.2) is 0 Å². The second-order valence-electron chi connectivity index (χ2n) is 5.32. The summed E-state index contributed by atoms with van der Waals surface area (Å²) in [6.45, 7) is 2.27. The van der Waals surface area contributed by atoms with Crippen LogP contribution < -0.4 is 10.6 Å². The highest BCUT2D eigenvalue weighted by Gasteiger charge is 2.16. The largest absolute Gasteiger partial charge is 0.383 e. The van der Waals surface area contributed by atoms with Crippen molar-refractivity contribution in [2.75, 3.05) is 18.4 Å². The number of fused-ring (bicyclic) bond motifs is 1. The normalized spacial score (nSPS) is 23.4. The van der Waals surface area contributed by atoms with Gasteiger partial charge < -0.3 is 10.6 Å². The molecule has 2 N–H and O–H groups in total. The predicted molar refractivity (Wildman–Crippen MR) is 72.6 cm³/mol. The van der Waals surface area contributed by atoms with Crippen LogP contribution in [0.15, 0.2) is 18.2 Å². The minimum absolute atomic E-state index is 0.675. The molecule has 0 radical (unpaired) electrons. The molecule has 1 unspecified atom stereocenters. The van der Waals surface area contributed by atoms with Crippen molar-refractivity contribution in [1.82, 2.24) is 5.32 Å². The van der Waals surface area contributed by atoms with Gasteiger partial charge in [-0.2, -0.15) is 0 Å². The lowest BCUT2D eigenvalue weighted by molar-refractivity contribution is 0.631. The lowest BCUT2D eigenvalue weighted by atomic mass is 9.90. The summed E-state index contributed by atoms with van der Waals surface area (Å²) in [7, 11) is 0. The first-order valence-corrected chi connectivity index (χ1v) is 7.01. The highest BCUT2D eigenvalue weighted by molar-refractivity contribution is 5.55. The van der Waals surface area contributed by atoms with Gasteiger partial charge in [0, 0.05) is 18.3 Å². The van der Waals surface area contributed by atoms with Gasteiger partial charge in [-0.1, -0.05) is 12.1 Å². The number of hydrogen-bond donors (Lipinski definition) is 2. The van der Waals surface area contributed by atoms with Crippen molar-refractivity contribution in [1.29, 1.82) is 0 Å². The molecule has 1 aliphatic heterocycles. The molecule has 1 aromatic rings. The molecule has 2 nitrogen and oxygen atoms in total. The summed E-state index contributed by atoms with van der Waals surface area (Å²) in [5.41, 5.74) is 4.54. The van der Waals surface area contributed by atoms with Gasteiger partial charge in [0.25, 0.3) is 0 Å². The van der Waals surface area contributed by atoms with E-state index in [0.717, 1.165) is 6.54 Å². The Bertz CT molecular complexity index is 381. The van der Waals surface area contributed by atoms with E-state index in [1.165, 1.54) is 50.8 Å². The Balaban J connectivity index is 1.69. The standard InChI is InChI=1S/C15H22N2/c1-2-8-14-12(5-1)6-3-9-15(14)17-11-13-7-4-10-16-13/h3,6,9,13,16-17H,1-2,4-5,7-8,10-11H2. The Hall–Kier alpha value is -1.02. The van der Waals surface area contributed by atoms with Gasteiger partial charge in [0.15, 0.2) is 0 Å². The van der Waals surface area contributed by atoms with Crippen LogP contribution in [0.2, 0.25) is 0 Å². The number of nitrogens with one attached hydrogen (secondary N) is 2. The molecule has 2 aliphatic rings. The zero-order valence-corrected chi connectivity index (χ0v) is 10.5. The van der Waals surface area contributed by atoms with Gasteiger partial charge in [-0.05, 0) is 62.3 Å². The van der Waals surface area contributed by atoms with Crippen LogP contribution >= 0.6 is 0 Å². The van der Waals surface area contributed by atoms with E-state index in [-0.39, 0.29) is 0 Å². The van der Waals surface area contributed by atoms with Crippen molar-refractivity contribution >= 4 is 5.69 Å². The molecule has 1 fully saturated rings. The first kappa shape index (κ1) is 11.1. The van der Waals surface area contributed by atoms with Crippen molar-refractivity contribution in [3.63, 3.8) is 0 Å². The number of benzene rings is 1. The topological polar surface area (TPSA) is 24.1 Å². The molecule has 2 heteroatoms. The summed E-state index contributed by atoms with van der Waals surface area (Å²) in [6.07, 6.45) is 7.90. The molecule has 17 heavy (non-hydrogen) atoms. The van der Waals surface area contributed by atoms with Gasteiger partial charge in [0.05, 0.1) is 0 Å². The molecule has 0 amide bonds.